The van der Waals surface area contributed by atoms with Crippen molar-refractivity contribution in [2.45, 2.75) is 25.8 Å². The summed E-state index contributed by atoms with van der Waals surface area (Å²) in [6.45, 7) is 4.17. The first kappa shape index (κ1) is 15.7. The van der Waals surface area contributed by atoms with E-state index in [1.807, 2.05) is 4.90 Å². The lowest BCUT2D eigenvalue weighted by molar-refractivity contribution is -0.120. The third-order valence-corrected chi connectivity index (χ3v) is 4.95. The molecule has 2 aromatic heterocycles. The van der Waals surface area contributed by atoms with E-state index >= 15 is 0 Å². The fraction of sp³-hybridized carbons (Fsp3) is 0.462. The highest BCUT2D eigenvalue weighted by Gasteiger charge is 2.45. The molecule has 8 nitrogen and oxygen atoms in total. The van der Waals surface area contributed by atoms with Crippen LogP contribution in [0.3, 0.4) is 0 Å². The van der Waals surface area contributed by atoms with E-state index < -0.39 is 5.54 Å². The van der Waals surface area contributed by atoms with E-state index in [1.165, 1.54) is 6.92 Å². The van der Waals surface area contributed by atoms with E-state index in [1.54, 1.807) is 6.92 Å². The van der Waals surface area contributed by atoms with Crippen LogP contribution < -0.4 is 10.2 Å². The molecule has 1 N–H and O–H groups in total. The maximum Gasteiger partial charge on any atom is 0.223 e. The molecule has 3 rings (SSSR count). The lowest BCUT2D eigenvalue weighted by atomic mass is 9.97. The van der Waals surface area contributed by atoms with Gasteiger partial charge in [0.1, 0.15) is 22.2 Å². The number of aryl methyl sites for hydroxylation is 1. The normalized spacial score (nSPS) is 20.5. The van der Waals surface area contributed by atoms with Gasteiger partial charge in [-0.25, -0.2) is 0 Å². The van der Waals surface area contributed by atoms with Crippen LogP contribution >= 0.6 is 23.1 Å². The Bertz CT molecular complexity index is 797. The second-order valence-electron chi connectivity index (χ2n) is 5.34. The van der Waals surface area contributed by atoms with E-state index in [4.69, 9.17) is 16.1 Å². The van der Waals surface area contributed by atoms with E-state index in [9.17, 15) is 10.1 Å². The third kappa shape index (κ3) is 2.75. The molecule has 10 heteroatoms. The fourth-order valence-corrected chi connectivity index (χ4v) is 3.78. The van der Waals surface area contributed by atoms with Gasteiger partial charge in [-0.3, -0.25) is 4.79 Å². The SMILES string of the molecule is CC(=O)NC1(c2noc(C)n2)CCN(c2snc(Cl)c2C#N)C1. The van der Waals surface area contributed by atoms with Crippen molar-refractivity contribution < 1.29 is 9.32 Å². The number of aromatic nitrogens is 3. The minimum atomic E-state index is -0.757. The van der Waals surface area contributed by atoms with Crippen LogP contribution in [0.5, 0.6) is 0 Å². The second kappa shape index (κ2) is 5.79. The summed E-state index contributed by atoms with van der Waals surface area (Å²) in [5.41, 5.74) is -0.410. The van der Waals surface area contributed by atoms with Crippen LogP contribution in [0.25, 0.3) is 0 Å². The number of anilines is 1. The van der Waals surface area contributed by atoms with Gasteiger partial charge in [0.05, 0.1) is 0 Å². The van der Waals surface area contributed by atoms with Gasteiger partial charge in [0, 0.05) is 26.9 Å². The summed E-state index contributed by atoms with van der Waals surface area (Å²) in [5.74, 6) is 0.681. The van der Waals surface area contributed by atoms with Gasteiger partial charge in [0.15, 0.2) is 11.0 Å². The zero-order valence-electron chi connectivity index (χ0n) is 12.5. The van der Waals surface area contributed by atoms with Gasteiger partial charge in [-0.2, -0.15) is 14.6 Å². The number of nitriles is 1. The summed E-state index contributed by atoms with van der Waals surface area (Å²) < 4.78 is 9.08. The minimum absolute atomic E-state index is 0.183. The number of amides is 1. The highest BCUT2D eigenvalue weighted by molar-refractivity contribution is 7.10. The van der Waals surface area contributed by atoms with Crippen LogP contribution in [0, 0.1) is 18.3 Å². The number of rotatable bonds is 3. The Hall–Kier alpha value is -2.18. The van der Waals surface area contributed by atoms with Gasteiger partial charge >= 0.3 is 0 Å². The van der Waals surface area contributed by atoms with Crippen LogP contribution in [0.2, 0.25) is 5.15 Å². The topological polar surface area (TPSA) is 108 Å². The molecule has 0 spiro atoms. The number of nitrogens with one attached hydrogen (secondary N) is 1. The number of carbonyl (C=O) groups excluding carboxylic acids is 1. The Morgan fingerprint density at radius 1 is 1.61 bits per heavy atom. The van der Waals surface area contributed by atoms with Crippen LogP contribution in [0.15, 0.2) is 4.52 Å². The largest absolute Gasteiger partial charge is 0.358 e. The molecule has 0 aromatic carbocycles. The van der Waals surface area contributed by atoms with Crippen LogP contribution in [0.1, 0.15) is 30.6 Å². The van der Waals surface area contributed by atoms with Gasteiger partial charge in [-0.05, 0) is 18.0 Å². The summed E-state index contributed by atoms with van der Waals surface area (Å²) in [5, 5.41) is 17.0. The number of carbonyl (C=O) groups is 1. The molecule has 2 aromatic rings. The Morgan fingerprint density at radius 2 is 2.39 bits per heavy atom. The van der Waals surface area contributed by atoms with Crippen LogP contribution in [-0.4, -0.2) is 33.5 Å². The molecule has 0 aliphatic carbocycles. The molecule has 0 radical (unpaired) electrons. The first-order valence-corrected chi connectivity index (χ1v) is 8.00. The fourth-order valence-electron chi connectivity index (χ4n) is 2.73. The summed E-state index contributed by atoms with van der Waals surface area (Å²) in [6.07, 6.45) is 0.589. The molecule has 23 heavy (non-hydrogen) atoms. The molecule has 1 aliphatic heterocycles. The van der Waals surface area contributed by atoms with Crippen LogP contribution in [-0.2, 0) is 10.3 Å². The van der Waals surface area contributed by atoms with Gasteiger partial charge in [-0.15, -0.1) is 0 Å². The molecule has 1 amide bonds. The highest BCUT2D eigenvalue weighted by atomic mass is 35.5. The average molecular weight is 353 g/mol. The smallest absolute Gasteiger partial charge is 0.223 e. The molecule has 1 unspecified atom stereocenters. The summed E-state index contributed by atoms with van der Waals surface area (Å²) in [7, 11) is 0. The second-order valence-corrected chi connectivity index (χ2v) is 6.45. The predicted octanol–water partition coefficient (Wildman–Crippen LogP) is 1.60. The Labute approximate surface area is 141 Å². The summed E-state index contributed by atoms with van der Waals surface area (Å²) in [4.78, 5) is 17.9. The van der Waals surface area contributed by atoms with E-state index in [-0.39, 0.29) is 11.1 Å². The summed E-state index contributed by atoms with van der Waals surface area (Å²) in [6, 6.07) is 2.07. The van der Waals surface area contributed by atoms with E-state index in [0.717, 1.165) is 11.5 Å². The molecule has 1 aliphatic rings. The van der Waals surface area contributed by atoms with Gasteiger partial charge in [0.25, 0.3) is 0 Å². The van der Waals surface area contributed by atoms with Crippen molar-refractivity contribution in [3.8, 4) is 6.07 Å². The molecule has 1 fully saturated rings. The Balaban J connectivity index is 1.95. The highest BCUT2D eigenvalue weighted by Crippen LogP contribution is 2.38. The van der Waals surface area contributed by atoms with Crippen molar-refractivity contribution in [2.75, 3.05) is 18.0 Å². The van der Waals surface area contributed by atoms with Crippen molar-refractivity contribution in [2.24, 2.45) is 0 Å². The maximum absolute atomic E-state index is 11.7. The standard InChI is InChI=1S/C13H13ClN6O2S/c1-7(21)17-13(12-16-8(2)22-18-12)3-4-20(6-13)11-9(5-15)10(14)19-23-11/h3-4,6H2,1-2H3,(H,17,21). The van der Waals surface area contributed by atoms with Gasteiger partial charge in [-0.1, -0.05) is 16.8 Å². The monoisotopic (exact) mass is 352 g/mol. The van der Waals surface area contributed by atoms with E-state index in [0.29, 0.717) is 41.8 Å². The Kier molecular flexibility index (Phi) is 3.95. The maximum atomic E-state index is 11.7. The third-order valence-electron chi connectivity index (χ3n) is 3.67. The average Bonchev–Trinajstić information content (AvgIpc) is 3.17. The van der Waals surface area contributed by atoms with Crippen molar-refractivity contribution in [3.05, 3.63) is 22.4 Å². The predicted molar refractivity (Wildman–Crippen MR) is 83.2 cm³/mol. The first-order chi connectivity index (χ1) is 10.9. The van der Waals surface area contributed by atoms with Gasteiger partial charge in [0.2, 0.25) is 11.8 Å². The number of hydrogen-bond acceptors (Lipinski definition) is 8. The number of hydrogen-bond donors (Lipinski definition) is 1. The number of halogens is 1. The molecule has 120 valence electrons. The van der Waals surface area contributed by atoms with Crippen molar-refractivity contribution in [1.29, 1.82) is 5.26 Å². The minimum Gasteiger partial charge on any atom is -0.358 e. The van der Waals surface area contributed by atoms with Gasteiger partial charge < -0.3 is 14.7 Å². The lowest BCUT2D eigenvalue weighted by Crippen LogP contribution is -2.48. The van der Waals surface area contributed by atoms with Crippen molar-refractivity contribution >= 4 is 34.0 Å². The molecule has 1 saturated heterocycles. The first-order valence-electron chi connectivity index (χ1n) is 6.85. The molecule has 3 heterocycles. The lowest BCUT2D eigenvalue weighted by Gasteiger charge is -2.26. The Morgan fingerprint density at radius 3 is 3.00 bits per heavy atom. The summed E-state index contributed by atoms with van der Waals surface area (Å²) >= 11 is 7.10. The molecule has 1 atom stereocenters. The zero-order valence-corrected chi connectivity index (χ0v) is 14.0. The quantitative estimate of drug-likeness (QED) is 0.893. The van der Waals surface area contributed by atoms with Crippen molar-refractivity contribution in [3.63, 3.8) is 0 Å². The molecular formula is C13H13ClN6O2S. The van der Waals surface area contributed by atoms with E-state index in [2.05, 4.69) is 25.9 Å². The number of nitrogens with zero attached hydrogens (tertiary/aromatic N) is 5. The van der Waals surface area contributed by atoms with Crippen LogP contribution in [0.4, 0.5) is 5.00 Å². The van der Waals surface area contributed by atoms with Crippen molar-refractivity contribution in [1.82, 2.24) is 19.8 Å². The molecular weight excluding hydrogens is 340 g/mol. The zero-order chi connectivity index (χ0) is 16.6. The molecule has 0 bridgehead atoms. The molecule has 0 saturated carbocycles.